The average molecular weight is 225 g/mol. The lowest BCUT2D eigenvalue weighted by Gasteiger charge is -2.29. The Hall–Kier alpha value is -1.36. The van der Waals surface area contributed by atoms with Crippen LogP contribution in [0.3, 0.4) is 0 Å². The van der Waals surface area contributed by atoms with E-state index in [1.54, 1.807) is 0 Å². The fourth-order valence-corrected chi connectivity index (χ4v) is 1.66. The van der Waals surface area contributed by atoms with E-state index < -0.39 is 0 Å². The topological polar surface area (TPSA) is 69.5 Å². The molecule has 0 aliphatic rings. The lowest BCUT2D eigenvalue weighted by molar-refractivity contribution is 0.160. The molecule has 1 rings (SSSR count). The van der Waals surface area contributed by atoms with Gasteiger partial charge in [-0.3, -0.25) is 4.90 Å². The molecule has 1 aromatic rings. The van der Waals surface area contributed by atoms with Crippen molar-refractivity contribution >= 4 is 0 Å². The fourth-order valence-electron chi connectivity index (χ4n) is 1.66. The Balaban J connectivity index is 2.85. The van der Waals surface area contributed by atoms with E-state index in [2.05, 4.69) is 42.6 Å². The Labute approximate surface area is 95.8 Å². The summed E-state index contributed by atoms with van der Waals surface area (Å²) in [6.45, 7) is 8.86. The first kappa shape index (κ1) is 12.7. The average Bonchev–Trinajstić information content (AvgIpc) is 2.11. The summed E-state index contributed by atoms with van der Waals surface area (Å²) in [4.78, 5) is 9.94. The molecule has 0 atom stereocenters. The lowest BCUT2D eigenvalue weighted by Crippen LogP contribution is -2.36. The molecule has 0 aliphatic heterocycles. The maximum atomic E-state index is 9.25. The zero-order valence-electron chi connectivity index (χ0n) is 10.2. The van der Waals surface area contributed by atoms with E-state index in [0.29, 0.717) is 24.5 Å². The minimum atomic E-state index is -0.199. The molecule has 0 saturated carbocycles. The SMILES string of the molecule is CC(C)N(Cc1nc(O)cc(O)n1)C(C)C. The van der Waals surface area contributed by atoms with Gasteiger partial charge in [-0.15, -0.1) is 0 Å². The van der Waals surface area contributed by atoms with Gasteiger partial charge in [0.2, 0.25) is 11.8 Å². The zero-order chi connectivity index (χ0) is 12.3. The number of aromatic nitrogens is 2. The third-order valence-electron chi connectivity index (χ3n) is 2.40. The van der Waals surface area contributed by atoms with Crippen molar-refractivity contribution in [3.63, 3.8) is 0 Å². The lowest BCUT2D eigenvalue weighted by atomic mass is 10.2. The van der Waals surface area contributed by atoms with Gasteiger partial charge in [0.15, 0.2) is 0 Å². The summed E-state index contributed by atoms with van der Waals surface area (Å²) < 4.78 is 0. The predicted octanol–water partition coefficient (Wildman–Crippen LogP) is 1.51. The summed E-state index contributed by atoms with van der Waals surface area (Å²) >= 11 is 0. The van der Waals surface area contributed by atoms with Crippen LogP contribution in [0.4, 0.5) is 0 Å². The second-order valence-corrected chi connectivity index (χ2v) is 4.36. The second-order valence-electron chi connectivity index (χ2n) is 4.36. The van der Waals surface area contributed by atoms with Crippen LogP contribution in [0.15, 0.2) is 6.07 Å². The van der Waals surface area contributed by atoms with Crippen molar-refractivity contribution in [3.8, 4) is 11.8 Å². The molecule has 0 saturated heterocycles. The first-order valence-electron chi connectivity index (χ1n) is 5.41. The first-order chi connectivity index (χ1) is 7.40. The fraction of sp³-hybridized carbons (Fsp3) is 0.636. The van der Waals surface area contributed by atoms with Gasteiger partial charge in [-0.2, -0.15) is 9.97 Å². The molecular formula is C11H19N3O2. The molecule has 1 heterocycles. The molecule has 0 radical (unpaired) electrons. The predicted molar refractivity (Wildman–Crippen MR) is 61.2 cm³/mol. The summed E-state index contributed by atoms with van der Waals surface area (Å²) in [5.41, 5.74) is 0. The highest BCUT2D eigenvalue weighted by molar-refractivity contribution is 5.18. The number of hydrogen-bond acceptors (Lipinski definition) is 5. The molecule has 0 aromatic carbocycles. The van der Waals surface area contributed by atoms with Crippen LogP contribution in [-0.4, -0.2) is 37.2 Å². The molecular weight excluding hydrogens is 206 g/mol. The van der Waals surface area contributed by atoms with E-state index in [1.165, 1.54) is 0 Å². The molecule has 2 N–H and O–H groups in total. The molecule has 0 amide bonds. The van der Waals surface area contributed by atoms with Crippen LogP contribution in [-0.2, 0) is 6.54 Å². The van der Waals surface area contributed by atoms with Gasteiger partial charge in [0.25, 0.3) is 0 Å². The second kappa shape index (κ2) is 5.12. The van der Waals surface area contributed by atoms with Gasteiger partial charge in [-0.25, -0.2) is 0 Å². The van der Waals surface area contributed by atoms with E-state index in [1.807, 2.05) is 0 Å². The quantitative estimate of drug-likeness (QED) is 0.812. The van der Waals surface area contributed by atoms with Gasteiger partial charge in [0.05, 0.1) is 12.6 Å². The third-order valence-corrected chi connectivity index (χ3v) is 2.40. The minimum absolute atomic E-state index is 0.199. The number of aromatic hydroxyl groups is 2. The summed E-state index contributed by atoms with van der Waals surface area (Å²) in [6, 6.07) is 1.83. The van der Waals surface area contributed by atoms with Gasteiger partial charge >= 0.3 is 0 Å². The summed E-state index contributed by atoms with van der Waals surface area (Å²) in [5.74, 6) is 0.0322. The van der Waals surface area contributed by atoms with Crippen molar-refractivity contribution in [3.05, 3.63) is 11.9 Å². The summed E-state index contributed by atoms with van der Waals surface area (Å²) in [5, 5.41) is 18.5. The number of nitrogens with zero attached hydrogens (tertiary/aromatic N) is 3. The Bertz CT molecular complexity index is 325. The van der Waals surface area contributed by atoms with Crippen molar-refractivity contribution < 1.29 is 10.2 Å². The van der Waals surface area contributed by atoms with Crippen LogP contribution in [0, 0.1) is 0 Å². The molecule has 90 valence electrons. The number of rotatable bonds is 4. The molecule has 16 heavy (non-hydrogen) atoms. The summed E-state index contributed by atoms with van der Waals surface area (Å²) in [6.07, 6.45) is 0. The third kappa shape index (κ3) is 3.34. The van der Waals surface area contributed by atoms with E-state index in [9.17, 15) is 10.2 Å². The van der Waals surface area contributed by atoms with Crippen LogP contribution in [0.5, 0.6) is 11.8 Å². The molecule has 0 spiro atoms. The molecule has 0 bridgehead atoms. The van der Waals surface area contributed by atoms with Crippen molar-refractivity contribution in [2.45, 2.75) is 46.3 Å². The van der Waals surface area contributed by atoms with Crippen molar-refractivity contribution in [2.24, 2.45) is 0 Å². The van der Waals surface area contributed by atoms with Gasteiger partial charge in [0.1, 0.15) is 5.82 Å². The van der Waals surface area contributed by atoms with Crippen molar-refractivity contribution in [1.29, 1.82) is 0 Å². The maximum absolute atomic E-state index is 9.25. The highest BCUT2D eigenvalue weighted by Crippen LogP contribution is 2.15. The monoisotopic (exact) mass is 225 g/mol. The van der Waals surface area contributed by atoms with Crippen molar-refractivity contribution in [1.82, 2.24) is 14.9 Å². The highest BCUT2D eigenvalue weighted by Gasteiger charge is 2.16. The highest BCUT2D eigenvalue weighted by atomic mass is 16.3. The van der Waals surface area contributed by atoms with Crippen molar-refractivity contribution in [2.75, 3.05) is 0 Å². The normalized spacial score (nSPS) is 11.7. The Morgan fingerprint density at radius 3 is 1.88 bits per heavy atom. The Kier molecular flexibility index (Phi) is 4.06. The smallest absolute Gasteiger partial charge is 0.218 e. The van der Waals surface area contributed by atoms with E-state index in [0.717, 1.165) is 6.07 Å². The zero-order valence-corrected chi connectivity index (χ0v) is 10.2. The molecule has 1 aromatic heterocycles. The van der Waals surface area contributed by atoms with Crippen LogP contribution in [0.2, 0.25) is 0 Å². The van der Waals surface area contributed by atoms with Gasteiger partial charge in [-0.1, -0.05) is 0 Å². The van der Waals surface area contributed by atoms with Gasteiger partial charge < -0.3 is 10.2 Å². The molecule has 0 fully saturated rings. The van der Waals surface area contributed by atoms with E-state index in [-0.39, 0.29) is 11.8 Å². The van der Waals surface area contributed by atoms with Crippen LogP contribution in [0.1, 0.15) is 33.5 Å². The molecule has 0 unspecified atom stereocenters. The van der Waals surface area contributed by atoms with Gasteiger partial charge in [0, 0.05) is 12.1 Å². The molecule has 5 nitrogen and oxygen atoms in total. The Morgan fingerprint density at radius 2 is 1.50 bits per heavy atom. The van der Waals surface area contributed by atoms with Gasteiger partial charge in [-0.05, 0) is 27.7 Å². The number of hydrogen-bond donors (Lipinski definition) is 2. The molecule has 0 aliphatic carbocycles. The summed E-state index contributed by atoms with van der Waals surface area (Å²) in [7, 11) is 0. The largest absolute Gasteiger partial charge is 0.493 e. The first-order valence-corrected chi connectivity index (χ1v) is 5.41. The van der Waals surface area contributed by atoms with Crippen LogP contribution >= 0.6 is 0 Å². The maximum Gasteiger partial charge on any atom is 0.218 e. The van der Waals surface area contributed by atoms with E-state index >= 15 is 0 Å². The Morgan fingerprint density at radius 1 is 1.06 bits per heavy atom. The molecule has 5 heteroatoms. The van der Waals surface area contributed by atoms with Crippen LogP contribution in [0.25, 0.3) is 0 Å². The van der Waals surface area contributed by atoms with E-state index in [4.69, 9.17) is 0 Å². The minimum Gasteiger partial charge on any atom is -0.493 e. The standard InChI is InChI=1S/C11H19N3O2/c1-7(2)14(8(3)4)6-9-12-10(15)5-11(16)13-9/h5,7-8H,6H2,1-4H3,(H2,12,13,15,16). The van der Waals surface area contributed by atoms with Crippen LogP contribution < -0.4 is 0 Å².